The predicted octanol–water partition coefficient (Wildman–Crippen LogP) is 3.32. The van der Waals surface area contributed by atoms with Gasteiger partial charge in [-0.1, -0.05) is 20.8 Å². The Morgan fingerprint density at radius 3 is 2.25 bits per heavy atom. The average Bonchev–Trinajstić information content (AvgIpc) is 3.14. The number of esters is 1. The van der Waals surface area contributed by atoms with Crippen LogP contribution in [0.25, 0.3) is 0 Å². The van der Waals surface area contributed by atoms with E-state index in [0.29, 0.717) is 6.61 Å². The fraction of sp³-hybridized carbons (Fsp3) is 0.909. The van der Waals surface area contributed by atoms with Gasteiger partial charge in [-0.25, -0.2) is 4.79 Å². The summed E-state index contributed by atoms with van der Waals surface area (Å²) in [7, 11) is -2.23. The van der Waals surface area contributed by atoms with Gasteiger partial charge in [0.15, 0.2) is 19.9 Å². The minimum absolute atomic E-state index is 0.0283. The van der Waals surface area contributed by atoms with Gasteiger partial charge in [0.1, 0.15) is 24.0 Å². The lowest BCUT2D eigenvalue weighted by atomic mass is 9.99. The van der Waals surface area contributed by atoms with Crippen molar-refractivity contribution >= 4 is 20.0 Å². The Morgan fingerprint density at radius 1 is 1.16 bits per heavy atom. The topological polar surface area (TPSA) is 111 Å². The second-order valence-electron chi connectivity index (χ2n) is 10.8. The number of carbonyl (C=O) groups is 1. The minimum atomic E-state index is -2.23. The molecule has 0 unspecified atom stereocenters. The van der Waals surface area contributed by atoms with Crippen LogP contribution in [-0.2, 0) is 32.9 Å². The summed E-state index contributed by atoms with van der Waals surface area (Å²) in [6.07, 6.45) is -1.74. The Labute approximate surface area is 193 Å². The maximum Gasteiger partial charge on any atom is 0.354 e. The molecule has 0 aromatic rings. The SMILES string of the molecule is CCOC(=O)/C(C[C@H]1OC(C)(C)O[C@H]1[C@H](O[Si](C)(C)C(C)(C)C)[C@H]1COC(C)(C)O1)=N/N. The summed E-state index contributed by atoms with van der Waals surface area (Å²) < 4.78 is 36.5. The van der Waals surface area contributed by atoms with Gasteiger partial charge in [-0.15, -0.1) is 0 Å². The highest BCUT2D eigenvalue weighted by Crippen LogP contribution is 2.42. The van der Waals surface area contributed by atoms with Crippen molar-refractivity contribution in [2.75, 3.05) is 13.2 Å². The number of hydrazone groups is 1. The van der Waals surface area contributed by atoms with Crippen LogP contribution in [0.4, 0.5) is 0 Å². The maximum atomic E-state index is 12.3. The van der Waals surface area contributed by atoms with Crippen molar-refractivity contribution in [3.8, 4) is 0 Å². The molecule has 2 rings (SSSR count). The fourth-order valence-electron chi connectivity index (χ4n) is 3.64. The van der Waals surface area contributed by atoms with Crippen molar-refractivity contribution in [3.05, 3.63) is 0 Å². The molecular formula is C22H42N2O7Si. The maximum absolute atomic E-state index is 12.3. The van der Waals surface area contributed by atoms with Gasteiger partial charge in [0.05, 0.1) is 19.3 Å². The molecule has 0 spiro atoms. The van der Waals surface area contributed by atoms with Gasteiger partial charge < -0.3 is 34.0 Å². The Morgan fingerprint density at radius 2 is 1.78 bits per heavy atom. The molecule has 2 saturated heterocycles. The van der Waals surface area contributed by atoms with Crippen LogP contribution >= 0.6 is 0 Å². The molecule has 9 nitrogen and oxygen atoms in total. The van der Waals surface area contributed by atoms with E-state index in [1.165, 1.54) is 0 Å². The van der Waals surface area contributed by atoms with Crippen LogP contribution in [0.2, 0.25) is 18.1 Å². The molecule has 0 aromatic carbocycles. The first-order valence-corrected chi connectivity index (χ1v) is 14.2. The zero-order chi connectivity index (χ0) is 24.5. The molecule has 0 radical (unpaired) electrons. The van der Waals surface area contributed by atoms with Gasteiger partial charge in [0.25, 0.3) is 0 Å². The van der Waals surface area contributed by atoms with Crippen LogP contribution in [0.5, 0.6) is 0 Å². The Bertz CT molecular complexity index is 703. The first-order valence-electron chi connectivity index (χ1n) is 11.3. The van der Waals surface area contributed by atoms with Crippen LogP contribution in [0.3, 0.4) is 0 Å². The van der Waals surface area contributed by atoms with Gasteiger partial charge in [-0.05, 0) is 52.8 Å². The summed E-state index contributed by atoms with van der Waals surface area (Å²) in [5.41, 5.74) is 0.0955. The van der Waals surface area contributed by atoms with Crippen LogP contribution in [0.15, 0.2) is 5.10 Å². The summed E-state index contributed by atoms with van der Waals surface area (Å²) in [5.74, 6) is 3.34. The van der Waals surface area contributed by atoms with E-state index in [-0.39, 0.29) is 29.9 Å². The van der Waals surface area contributed by atoms with E-state index >= 15 is 0 Å². The number of hydrogen-bond acceptors (Lipinski definition) is 9. The van der Waals surface area contributed by atoms with Crippen LogP contribution < -0.4 is 5.84 Å². The number of nitrogens with two attached hydrogens (primary N) is 1. The molecule has 2 fully saturated rings. The smallest absolute Gasteiger partial charge is 0.354 e. The van der Waals surface area contributed by atoms with E-state index in [4.69, 9.17) is 34.0 Å². The van der Waals surface area contributed by atoms with Crippen molar-refractivity contribution < 1.29 is 32.9 Å². The summed E-state index contributed by atoms with van der Waals surface area (Å²) in [4.78, 5) is 12.3. The molecule has 2 aliphatic rings. The third-order valence-electron chi connectivity index (χ3n) is 6.24. The second-order valence-corrected chi connectivity index (χ2v) is 15.6. The summed E-state index contributed by atoms with van der Waals surface area (Å²) in [6.45, 7) is 20.7. The molecule has 186 valence electrons. The number of rotatable bonds is 8. The highest BCUT2D eigenvalue weighted by Gasteiger charge is 2.54. The monoisotopic (exact) mass is 474 g/mol. The first kappa shape index (κ1) is 27.2. The summed E-state index contributed by atoms with van der Waals surface area (Å²) >= 11 is 0. The van der Waals surface area contributed by atoms with E-state index < -0.39 is 44.2 Å². The van der Waals surface area contributed by atoms with E-state index in [9.17, 15) is 4.79 Å². The van der Waals surface area contributed by atoms with Gasteiger partial charge in [0.2, 0.25) is 0 Å². The number of hydrogen-bond donors (Lipinski definition) is 1. The molecule has 10 heteroatoms. The Hall–Kier alpha value is -1.04. The van der Waals surface area contributed by atoms with Crippen molar-refractivity contribution in [1.82, 2.24) is 0 Å². The van der Waals surface area contributed by atoms with E-state index in [0.717, 1.165) is 0 Å². The molecule has 2 aliphatic heterocycles. The third kappa shape index (κ3) is 6.51. The molecule has 0 saturated carbocycles. The zero-order valence-electron chi connectivity index (χ0n) is 21.3. The second kappa shape index (κ2) is 9.67. The summed E-state index contributed by atoms with van der Waals surface area (Å²) in [5, 5.41) is 3.64. The molecular weight excluding hydrogens is 432 g/mol. The molecule has 2 N–H and O–H groups in total. The number of carbonyl (C=O) groups excluding carboxylic acids is 1. The molecule has 32 heavy (non-hydrogen) atoms. The quantitative estimate of drug-likeness (QED) is 0.187. The fourth-order valence-corrected chi connectivity index (χ4v) is 4.96. The van der Waals surface area contributed by atoms with Crippen LogP contribution in [0, 0.1) is 0 Å². The molecule has 4 atom stereocenters. The van der Waals surface area contributed by atoms with Gasteiger partial charge in [-0.2, -0.15) is 5.10 Å². The van der Waals surface area contributed by atoms with Crippen molar-refractivity contribution in [3.63, 3.8) is 0 Å². The molecule has 0 aromatic heterocycles. The largest absolute Gasteiger partial charge is 0.461 e. The van der Waals surface area contributed by atoms with Gasteiger partial charge in [0, 0.05) is 6.42 Å². The Balaban J connectivity index is 2.38. The number of nitrogens with zero attached hydrogens (tertiary/aromatic N) is 1. The highest BCUT2D eigenvalue weighted by atomic mass is 28.4. The van der Waals surface area contributed by atoms with Crippen molar-refractivity contribution in [1.29, 1.82) is 0 Å². The summed E-state index contributed by atoms with van der Waals surface area (Å²) in [6, 6.07) is 0. The third-order valence-corrected chi connectivity index (χ3v) is 10.7. The van der Waals surface area contributed by atoms with Crippen LogP contribution in [-0.4, -0.2) is 69.2 Å². The lowest BCUT2D eigenvalue weighted by Gasteiger charge is -2.42. The molecule has 0 aliphatic carbocycles. The standard InChI is InChI=1S/C22H42N2O7Si/c1-11-26-19(25)14(24-23)12-15-17(30-22(7,8)28-15)18(16-13-27-21(5,6)29-16)31-32(9,10)20(2,3)4/h15-18H,11-13,23H2,1-10H3/b24-14+/t15-,16-,17-,18-/m1/s1. The average molecular weight is 475 g/mol. The van der Waals surface area contributed by atoms with Crippen molar-refractivity contribution in [2.24, 2.45) is 10.9 Å². The van der Waals surface area contributed by atoms with Gasteiger partial charge >= 0.3 is 5.97 Å². The number of ether oxygens (including phenoxy) is 5. The minimum Gasteiger partial charge on any atom is -0.461 e. The highest BCUT2D eigenvalue weighted by molar-refractivity contribution is 6.74. The first-order chi connectivity index (χ1) is 14.5. The van der Waals surface area contributed by atoms with E-state index in [1.54, 1.807) is 6.92 Å². The van der Waals surface area contributed by atoms with Gasteiger partial charge in [-0.3, -0.25) is 0 Å². The predicted molar refractivity (Wildman–Crippen MR) is 124 cm³/mol. The van der Waals surface area contributed by atoms with Crippen molar-refractivity contribution in [2.45, 2.75) is 116 Å². The van der Waals surface area contributed by atoms with E-state index in [1.807, 2.05) is 27.7 Å². The molecule has 0 bridgehead atoms. The zero-order valence-corrected chi connectivity index (χ0v) is 22.3. The van der Waals surface area contributed by atoms with E-state index in [2.05, 4.69) is 39.0 Å². The molecule has 2 heterocycles. The lowest BCUT2D eigenvalue weighted by Crippen LogP contribution is -2.54. The normalized spacial score (nSPS) is 29.2. The van der Waals surface area contributed by atoms with Crippen LogP contribution in [0.1, 0.15) is 61.8 Å². The Kier molecular flexibility index (Phi) is 8.22. The molecule has 0 amide bonds. The lowest BCUT2D eigenvalue weighted by molar-refractivity contribution is -0.176.